The van der Waals surface area contributed by atoms with Gasteiger partial charge in [-0.15, -0.1) is 23.5 Å². The zero-order valence-corrected chi connectivity index (χ0v) is 13.4. The molecule has 0 aliphatic carbocycles. The summed E-state index contributed by atoms with van der Waals surface area (Å²) in [6, 6.07) is 0. The smallest absolute Gasteiger partial charge is 0.0157 e. The van der Waals surface area contributed by atoms with Crippen LogP contribution in [-0.4, -0.2) is 11.0 Å². The number of rotatable bonds is 8. The van der Waals surface area contributed by atoms with Gasteiger partial charge in [-0.1, -0.05) is 46.5 Å². The standard InChI is InChI=1S/C15H28S2/c1-4-6-8-10-14-15(11-9-7-5-2)17-13(3)12-16-14/h13H,4-12H2,1-3H3. The van der Waals surface area contributed by atoms with Gasteiger partial charge in [0.15, 0.2) is 0 Å². The molecule has 0 fully saturated rings. The van der Waals surface area contributed by atoms with E-state index in [2.05, 4.69) is 44.3 Å². The van der Waals surface area contributed by atoms with Crippen LogP contribution < -0.4 is 0 Å². The fourth-order valence-corrected chi connectivity index (χ4v) is 4.89. The predicted octanol–water partition coefficient (Wildman–Crippen LogP) is 6.23. The highest BCUT2D eigenvalue weighted by Gasteiger charge is 2.18. The summed E-state index contributed by atoms with van der Waals surface area (Å²) in [6.45, 7) is 6.96. The zero-order valence-electron chi connectivity index (χ0n) is 11.8. The molecule has 1 atom stereocenters. The average molecular weight is 273 g/mol. The Bertz CT molecular complexity index is 233. The Labute approximate surface area is 116 Å². The van der Waals surface area contributed by atoms with Crippen LogP contribution >= 0.6 is 23.5 Å². The zero-order chi connectivity index (χ0) is 12.5. The Hall–Kier alpha value is 0.440. The number of thioether (sulfide) groups is 2. The molecule has 0 spiro atoms. The van der Waals surface area contributed by atoms with E-state index in [9.17, 15) is 0 Å². The maximum atomic E-state index is 2.38. The van der Waals surface area contributed by atoms with Gasteiger partial charge in [0.1, 0.15) is 0 Å². The third-order valence-corrected chi connectivity index (χ3v) is 6.27. The second-order valence-electron chi connectivity index (χ2n) is 5.00. The van der Waals surface area contributed by atoms with Crippen molar-refractivity contribution in [1.82, 2.24) is 0 Å². The van der Waals surface area contributed by atoms with Crippen LogP contribution in [0.5, 0.6) is 0 Å². The number of hydrogen-bond acceptors (Lipinski definition) is 2. The van der Waals surface area contributed by atoms with E-state index in [1.165, 1.54) is 57.1 Å². The monoisotopic (exact) mass is 272 g/mol. The summed E-state index contributed by atoms with van der Waals surface area (Å²) in [5, 5.41) is 0.826. The van der Waals surface area contributed by atoms with Crippen molar-refractivity contribution in [1.29, 1.82) is 0 Å². The number of hydrogen-bond donors (Lipinski definition) is 0. The van der Waals surface area contributed by atoms with Crippen molar-refractivity contribution in [3.63, 3.8) is 0 Å². The molecule has 17 heavy (non-hydrogen) atoms. The van der Waals surface area contributed by atoms with Gasteiger partial charge in [-0.3, -0.25) is 0 Å². The summed E-state index contributed by atoms with van der Waals surface area (Å²) >= 11 is 4.31. The van der Waals surface area contributed by atoms with Gasteiger partial charge in [-0.2, -0.15) is 0 Å². The van der Waals surface area contributed by atoms with Crippen molar-refractivity contribution in [3.05, 3.63) is 9.81 Å². The first-order valence-corrected chi connectivity index (χ1v) is 9.15. The van der Waals surface area contributed by atoms with E-state index in [-0.39, 0.29) is 0 Å². The topological polar surface area (TPSA) is 0 Å². The number of allylic oxidation sites excluding steroid dienone is 2. The van der Waals surface area contributed by atoms with Crippen molar-refractivity contribution in [2.24, 2.45) is 0 Å². The Morgan fingerprint density at radius 2 is 1.53 bits per heavy atom. The average Bonchev–Trinajstić information content (AvgIpc) is 2.32. The van der Waals surface area contributed by atoms with Gasteiger partial charge in [0.2, 0.25) is 0 Å². The van der Waals surface area contributed by atoms with Crippen molar-refractivity contribution in [3.8, 4) is 0 Å². The Morgan fingerprint density at radius 3 is 2.12 bits per heavy atom. The highest BCUT2D eigenvalue weighted by Crippen LogP contribution is 2.42. The first kappa shape index (κ1) is 15.5. The van der Waals surface area contributed by atoms with Gasteiger partial charge >= 0.3 is 0 Å². The quantitative estimate of drug-likeness (QED) is 0.481. The van der Waals surface area contributed by atoms with Crippen LogP contribution in [0, 0.1) is 0 Å². The SMILES string of the molecule is CCCCCC1=C(CCCCC)SC(C)CS1. The summed E-state index contributed by atoms with van der Waals surface area (Å²) in [7, 11) is 0. The molecule has 0 N–H and O–H groups in total. The maximum Gasteiger partial charge on any atom is 0.0157 e. The first-order valence-electron chi connectivity index (χ1n) is 7.29. The van der Waals surface area contributed by atoms with Crippen LogP contribution in [0.2, 0.25) is 0 Å². The van der Waals surface area contributed by atoms with Crippen LogP contribution in [0.1, 0.15) is 72.1 Å². The first-order chi connectivity index (χ1) is 8.27. The van der Waals surface area contributed by atoms with Crippen LogP contribution in [0.15, 0.2) is 9.81 Å². The normalized spacial score (nSPS) is 21.0. The van der Waals surface area contributed by atoms with Gasteiger partial charge in [0, 0.05) is 11.0 Å². The molecular weight excluding hydrogens is 244 g/mol. The largest absolute Gasteiger partial charge is 0.129 e. The lowest BCUT2D eigenvalue weighted by molar-refractivity contribution is 0.708. The molecule has 1 aliphatic heterocycles. The van der Waals surface area contributed by atoms with Crippen molar-refractivity contribution in [2.45, 2.75) is 77.4 Å². The molecule has 0 bridgehead atoms. The van der Waals surface area contributed by atoms with E-state index in [1.807, 2.05) is 0 Å². The molecule has 2 heteroatoms. The van der Waals surface area contributed by atoms with Gasteiger partial charge in [0.25, 0.3) is 0 Å². The maximum absolute atomic E-state index is 2.38. The van der Waals surface area contributed by atoms with Gasteiger partial charge in [0.05, 0.1) is 0 Å². The van der Waals surface area contributed by atoms with E-state index in [4.69, 9.17) is 0 Å². The summed E-state index contributed by atoms with van der Waals surface area (Å²) in [5.41, 5.74) is 0. The van der Waals surface area contributed by atoms with Crippen LogP contribution in [0.3, 0.4) is 0 Å². The molecule has 100 valence electrons. The minimum Gasteiger partial charge on any atom is -0.129 e. The molecule has 0 nitrogen and oxygen atoms in total. The van der Waals surface area contributed by atoms with Gasteiger partial charge in [-0.25, -0.2) is 0 Å². The van der Waals surface area contributed by atoms with E-state index in [1.54, 1.807) is 9.81 Å². The molecular formula is C15H28S2. The second-order valence-corrected chi connectivity index (χ2v) is 7.65. The Kier molecular flexibility index (Phi) is 8.55. The van der Waals surface area contributed by atoms with Crippen LogP contribution in [-0.2, 0) is 0 Å². The fraction of sp³-hybridized carbons (Fsp3) is 0.867. The third kappa shape index (κ3) is 6.24. The minimum absolute atomic E-state index is 0.826. The fourth-order valence-electron chi connectivity index (χ4n) is 2.12. The summed E-state index contributed by atoms with van der Waals surface area (Å²) in [6.07, 6.45) is 10.9. The molecule has 0 amide bonds. The summed E-state index contributed by atoms with van der Waals surface area (Å²) < 4.78 is 0. The molecule has 0 aromatic rings. The molecule has 0 saturated heterocycles. The van der Waals surface area contributed by atoms with Crippen molar-refractivity contribution >= 4 is 23.5 Å². The highest BCUT2D eigenvalue weighted by atomic mass is 32.2. The van der Waals surface area contributed by atoms with Crippen molar-refractivity contribution < 1.29 is 0 Å². The molecule has 0 saturated carbocycles. The molecule has 0 aromatic heterocycles. The molecule has 0 radical (unpaired) electrons. The lowest BCUT2D eigenvalue weighted by atomic mass is 10.1. The molecule has 1 aliphatic rings. The minimum atomic E-state index is 0.826. The van der Waals surface area contributed by atoms with E-state index in [0.717, 1.165) is 5.25 Å². The molecule has 1 unspecified atom stereocenters. The molecule has 1 heterocycles. The second kappa shape index (κ2) is 9.38. The third-order valence-electron chi connectivity index (χ3n) is 3.16. The predicted molar refractivity (Wildman–Crippen MR) is 84.8 cm³/mol. The van der Waals surface area contributed by atoms with Crippen molar-refractivity contribution in [2.75, 3.05) is 5.75 Å². The lowest BCUT2D eigenvalue weighted by Crippen LogP contribution is -2.07. The Morgan fingerprint density at radius 1 is 0.941 bits per heavy atom. The molecule has 0 aromatic carbocycles. The van der Waals surface area contributed by atoms with E-state index < -0.39 is 0 Å². The lowest BCUT2D eigenvalue weighted by Gasteiger charge is -2.24. The van der Waals surface area contributed by atoms with E-state index >= 15 is 0 Å². The Balaban J connectivity index is 2.46. The van der Waals surface area contributed by atoms with Crippen LogP contribution in [0.25, 0.3) is 0 Å². The summed E-state index contributed by atoms with van der Waals surface area (Å²) in [5.74, 6) is 1.32. The van der Waals surface area contributed by atoms with E-state index in [0.29, 0.717) is 0 Å². The van der Waals surface area contributed by atoms with Gasteiger partial charge in [-0.05, 0) is 35.5 Å². The summed E-state index contributed by atoms with van der Waals surface area (Å²) in [4.78, 5) is 3.47. The van der Waals surface area contributed by atoms with Crippen LogP contribution in [0.4, 0.5) is 0 Å². The number of unbranched alkanes of at least 4 members (excludes halogenated alkanes) is 4. The van der Waals surface area contributed by atoms with Gasteiger partial charge < -0.3 is 0 Å². The highest BCUT2D eigenvalue weighted by molar-refractivity contribution is 8.10. The molecule has 1 rings (SSSR count).